The molecule has 0 saturated carbocycles. The fourth-order valence-corrected chi connectivity index (χ4v) is 4.31. The van der Waals surface area contributed by atoms with Crippen LogP contribution >= 0.6 is 0 Å². The van der Waals surface area contributed by atoms with Crippen molar-refractivity contribution in [3.63, 3.8) is 0 Å². The molecule has 0 aromatic heterocycles. The first-order valence-electron chi connectivity index (χ1n) is 6.15. The van der Waals surface area contributed by atoms with Gasteiger partial charge < -0.3 is 0 Å². The van der Waals surface area contributed by atoms with Crippen molar-refractivity contribution in [3.05, 3.63) is 25.3 Å². The van der Waals surface area contributed by atoms with E-state index in [0.29, 0.717) is 0 Å². The molecule has 0 aromatic carbocycles. The Hall–Kier alpha value is -0.740. The van der Waals surface area contributed by atoms with Gasteiger partial charge >= 0.3 is 0 Å². The fourth-order valence-electron chi connectivity index (χ4n) is 1.95. The topological polar surface area (TPSA) is 78.0 Å². The van der Waals surface area contributed by atoms with Gasteiger partial charge in [-0.2, -0.15) is 21.3 Å². The van der Waals surface area contributed by atoms with E-state index < -0.39 is 20.2 Å². The molecule has 20 heavy (non-hydrogen) atoms. The second-order valence-corrected chi connectivity index (χ2v) is 8.37. The lowest BCUT2D eigenvalue weighted by Gasteiger charge is -2.35. The minimum atomic E-state index is -3.61. The van der Waals surface area contributed by atoms with Gasteiger partial charge in [0, 0.05) is 39.3 Å². The van der Waals surface area contributed by atoms with Crippen molar-refractivity contribution in [2.75, 3.05) is 45.5 Å². The van der Waals surface area contributed by atoms with Gasteiger partial charge in [-0.3, -0.25) is 0 Å². The van der Waals surface area contributed by atoms with Gasteiger partial charge in [-0.05, 0) is 0 Å². The molecule has 0 aromatic rings. The average Bonchev–Trinajstić information content (AvgIpc) is 2.37. The quantitative estimate of drug-likeness (QED) is 0.591. The molecule has 116 valence electrons. The summed E-state index contributed by atoms with van der Waals surface area (Å²) in [5, 5.41) is 0. The summed E-state index contributed by atoms with van der Waals surface area (Å²) >= 11 is 0. The Morgan fingerprint density at radius 3 is 1.70 bits per heavy atom. The van der Waals surface area contributed by atoms with E-state index in [2.05, 4.69) is 13.2 Å². The second kappa shape index (κ2) is 6.81. The number of hydrogen-bond donors (Lipinski definition) is 0. The third kappa shape index (κ3) is 4.13. The van der Waals surface area contributed by atoms with E-state index in [9.17, 15) is 16.8 Å². The predicted octanol–water partition coefficient (Wildman–Crippen LogP) is -0.518. The Morgan fingerprint density at radius 1 is 0.950 bits per heavy atom. The van der Waals surface area contributed by atoms with Gasteiger partial charge in [-0.1, -0.05) is 12.2 Å². The molecule has 1 aliphatic heterocycles. The van der Waals surface area contributed by atoms with Gasteiger partial charge in [0.15, 0.2) is 0 Å². The summed E-state index contributed by atoms with van der Waals surface area (Å²) < 4.78 is 51.5. The average molecular weight is 323 g/mol. The maximum Gasteiger partial charge on any atom is 0.282 e. The molecule has 1 heterocycles. The molecular formula is C11H21N3O4S2. The maximum atomic E-state index is 12.4. The summed E-state index contributed by atoms with van der Waals surface area (Å²) in [6.07, 6.45) is 4.14. The first-order chi connectivity index (χ1) is 9.23. The molecule has 0 N–H and O–H groups in total. The molecular weight excluding hydrogens is 302 g/mol. The molecule has 0 unspecified atom stereocenters. The van der Waals surface area contributed by atoms with Crippen LogP contribution in [0.15, 0.2) is 25.3 Å². The monoisotopic (exact) mass is 323 g/mol. The van der Waals surface area contributed by atoms with Crippen molar-refractivity contribution < 1.29 is 16.8 Å². The van der Waals surface area contributed by atoms with Crippen molar-refractivity contribution in [3.8, 4) is 0 Å². The number of rotatable bonds is 7. The van der Waals surface area contributed by atoms with E-state index >= 15 is 0 Å². The second-order valence-electron chi connectivity index (χ2n) is 4.46. The van der Waals surface area contributed by atoms with Gasteiger partial charge in [0.2, 0.25) is 10.0 Å². The van der Waals surface area contributed by atoms with E-state index in [0.717, 1.165) is 6.26 Å². The zero-order valence-corrected chi connectivity index (χ0v) is 13.2. The number of hydrogen-bond acceptors (Lipinski definition) is 4. The van der Waals surface area contributed by atoms with Crippen molar-refractivity contribution in [1.29, 1.82) is 0 Å². The van der Waals surface area contributed by atoms with Crippen molar-refractivity contribution in [1.82, 2.24) is 12.9 Å². The molecule has 0 radical (unpaired) electrons. The van der Waals surface area contributed by atoms with Crippen LogP contribution in [0, 0.1) is 0 Å². The summed E-state index contributed by atoms with van der Waals surface area (Å²) in [6, 6.07) is 0. The highest BCUT2D eigenvalue weighted by molar-refractivity contribution is 7.88. The third-order valence-corrected chi connectivity index (χ3v) is 6.26. The molecule has 0 bridgehead atoms. The summed E-state index contributed by atoms with van der Waals surface area (Å²) in [7, 11) is -6.88. The molecule has 0 spiro atoms. The maximum absolute atomic E-state index is 12.4. The van der Waals surface area contributed by atoms with Crippen LogP contribution < -0.4 is 0 Å². The van der Waals surface area contributed by atoms with Crippen LogP contribution in [0.25, 0.3) is 0 Å². The molecule has 1 rings (SSSR count). The Bertz CT molecular complexity index is 538. The van der Waals surface area contributed by atoms with Crippen molar-refractivity contribution >= 4 is 20.2 Å². The lowest BCUT2D eigenvalue weighted by Crippen LogP contribution is -2.54. The SMILES string of the molecule is C=CCN(CC=C)S(=O)(=O)N1CCN(S(C)(=O)=O)CC1. The highest BCUT2D eigenvalue weighted by Gasteiger charge is 2.33. The minimum Gasteiger partial charge on any atom is -0.213 e. The highest BCUT2D eigenvalue weighted by Crippen LogP contribution is 2.14. The number of piperazine rings is 1. The Morgan fingerprint density at radius 2 is 1.35 bits per heavy atom. The molecule has 0 amide bonds. The fraction of sp³-hybridized carbons (Fsp3) is 0.636. The van der Waals surface area contributed by atoms with Crippen molar-refractivity contribution in [2.45, 2.75) is 0 Å². The summed E-state index contributed by atoms with van der Waals surface area (Å²) in [4.78, 5) is 0. The van der Waals surface area contributed by atoms with Crippen LogP contribution in [0.1, 0.15) is 0 Å². The summed E-state index contributed by atoms with van der Waals surface area (Å²) in [5.74, 6) is 0. The minimum absolute atomic E-state index is 0.153. The standard InChI is InChI=1S/C11H21N3O4S2/c1-4-6-13(7-5-2)20(17,18)14-10-8-12(9-11-14)19(3,15)16/h4-5H,1-2,6-11H2,3H3. The number of sulfonamides is 1. The number of nitrogens with zero attached hydrogens (tertiary/aromatic N) is 3. The van der Waals surface area contributed by atoms with E-state index in [1.807, 2.05) is 0 Å². The molecule has 1 aliphatic rings. The molecule has 9 heteroatoms. The van der Waals surface area contributed by atoms with Crippen LogP contribution in [-0.4, -0.2) is 75.3 Å². The van der Waals surface area contributed by atoms with Gasteiger partial charge in [0.05, 0.1) is 6.26 Å². The van der Waals surface area contributed by atoms with E-state index in [1.165, 1.54) is 25.1 Å². The normalized spacial score (nSPS) is 19.1. The molecule has 0 aliphatic carbocycles. The summed E-state index contributed by atoms with van der Waals surface area (Å²) in [5.41, 5.74) is 0. The van der Waals surface area contributed by atoms with Crippen LogP contribution in [0.2, 0.25) is 0 Å². The van der Waals surface area contributed by atoms with Crippen LogP contribution in [0.4, 0.5) is 0 Å². The Kier molecular flexibility index (Phi) is 5.90. The lowest BCUT2D eigenvalue weighted by atomic mass is 10.4. The van der Waals surface area contributed by atoms with Crippen LogP contribution in [0.5, 0.6) is 0 Å². The molecule has 1 fully saturated rings. The van der Waals surface area contributed by atoms with Gasteiger partial charge in [0.1, 0.15) is 0 Å². The molecule has 0 atom stereocenters. The van der Waals surface area contributed by atoms with E-state index in [4.69, 9.17) is 0 Å². The first-order valence-corrected chi connectivity index (χ1v) is 9.40. The van der Waals surface area contributed by atoms with E-state index in [-0.39, 0.29) is 39.3 Å². The Balaban J connectivity index is 2.80. The molecule has 1 saturated heterocycles. The summed E-state index contributed by atoms with van der Waals surface area (Å²) in [6.45, 7) is 8.12. The first kappa shape index (κ1) is 17.3. The lowest BCUT2D eigenvalue weighted by molar-refractivity contribution is 0.259. The molecule has 7 nitrogen and oxygen atoms in total. The van der Waals surface area contributed by atoms with Gasteiger partial charge in [0.25, 0.3) is 10.2 Å². The largest absolute Gasteiger partial charge is 0.282 e. The van der Waals surface area contributed by atoms with Gasteiger partial charge in [-0.25, -0.2) is 8.42 Å². The van der Waals surface area contributed by atoms with Crippen LogP contribution in [0.3, 0.4) is 0 Å². The zero-order valence-electron chi connectivity index (χ0n) is 11.6. The predicted molar refractivity (Wildman–Crippen MR) is 78.9 cm³/mol. The highest BCUT2D eigenvalue weighted by atomic mass is 32.2. The van der Waals surface area contributed by atoms with Crippen LogP contribution in [-0.2, 0) is 20.2 Å². The zero-order chi connectivity index (χ0) is 15.4. The van der Waals surface area contributed by atoms with Gasteiger partial charge in [-0.15, -0.1) is 13.2 Å². The van der Waals surface area contributed by atoms with Crippen molar-refractivity contribution in [2.24, 2.45) is 0 Å². The van der Waals surface area contributed by atoms with E-state index in [1.54, 1.807) is 0 Å². The third-order valence-electron chi connectivity index (χ3n) is 2.98. The Labute approximate surface area is 121 Å². The smallest absolute Gasteiger partial charge is 0.213 e.